The van der Waals surface area contributed by atoms with Gasteiger partial charge in [-0.05, 0) is 30.3 Å². The van der Waals surface area contributed by atoms with Crippen LogP contribution >= 0.6 is 0 Å². The molecule has 2 aromatic carbocycles. The van der Waals surface area contributed by atoms with Gasteiger partial charge < -0.3 is 14.6 Å². The zero-order valence-electron chi connectivity index (χ0n) is 10.9. The Morgan fingerprint density at radius 3 is 2.33 bits per heavy atom. The summed E-state index contributed by atoms with van der Waals surface area (Å²) in [5.41, 5.74) is -0.277. The Kier molecular flexibility index (Phi) is 4.71. The minimum atomic E-state index is -1.29. The number of carboxylic acid groups (broad SMARTS) is 1. The highest BCUT2D eigenvalue weighted by Crippen LogP contribution is 2.20. The van der Waals surface area contributed by atoms with Crippen LogP contribution in [0.1, 0.15) is 10.4 Å². The highest BCUT2D eigenvalue weighted by Gasteiger charge is 2.12. The van der Waals surface area contributed by atoms with Gasteiger partial charge in [-0.2, -0.15) is 0 Å². The van der Waals surface area contributed by atoms with Crippen LogP contribution in [0.2, 0.25) is 0 Å². The van der Waals surface area contributed by atoms with Crippen LogP contribution in [-0.4, -0.2) is 24.3 Å². The van der Waals surface area contributed by atoms with Gasteiger partial charge in [0.1, 0.15) is 30.3 Å². The van der Waals surface area contributed by atoms with Crippen molar-refractivity contribution < 1.29 is 28.2 Å². The molecule has 0 bridgehead atoms. The van der Waals surface area contributed by atoms with Gasteiger partial charge in [-0.25, -0.2) is 13.6 Å². The molecule has 0 aromatic heterocycles. The third-order valence-electron chi connectivity index (χ3n) is 2.61. The van der Waals surface area contributed by atoms with Gasteiger partial charge in [0.2, 0.25) is 0 Å². The largest absolute Gasteiger partial charge is 0.489 e. The van der Waals surface area contributed by atoms with Crippen LogP contribution in [0, 0.1) is 11.6 Å². The lowest BCUT2D eigenvalue weighted by Crippen LogP contribution is -2.12. The summed E-state index contributed by atoms with van der Waals surface area (Å²) in [6, 6.07) is 9.09. The fourth-order valence-corrected chi connectivity index (χ4v) is 1.66. The smallest absolute Gasteiger partial charge is 0.339 e. The summed E-state index contributed by atoms with van der Waals surface area (Å²) >= 11 is 0. The summed E-state index contributed by atoms with van der Waals surface area (Å²) in [5.74, 6) is -2.34. The first-order valence-electron chi connectivity index (χ1n) is 6.11. The van der Waals surface area contributed by atoms with Crippen molar-refractivity contribution in [3.8, 4) is 11.5 Å². The molecule has 0 radical (unpaired) electrons. The lowest BCUT2D eigenvalue weighted by molar-refractivity contribution is 0.0690. The molecule has 0 spiro atoms. The van der Waals surface area contributed by atoms with Crippen LogP contribution in [0.3, 0.4) is 0 Å². The average molecular weight is 294 g/mol. The Morgan fingerprint density at radius 2 is 1.67 bits per heavy atom. The molecular formula is C15H12F2O4. The molecule has 2 aromatic rings. The molecule has 21 heavy (non-hydrogen) atoms. The molecule has 0 saturated heterocycles. The highest BCUT2D eigenvalue weighted by atomic mass is 19.1. The molecule has 0 aliphatic heterocycles. The van der Waals surface area contributed by atoms with Crippen molar-refractivity contribution in [2.45, 2.75) is 0 Å². The lowest BCUT2D eigenvalue weighted by atomic mass is 10.2. The van der Waals surface area contributed by atoms with E-state index in [1.54, 1.807) is 6.07 Å². The lowest BCUT2D eigenvalue weighted by Gasteiger charge is -2.10. The molecule has 0 saturated carbocycles. The van der Waals surface area contributed by atoms with Gasteiger partial charge in [0.25, 0.3) is 0 Å². The molecule has 110 valence electrons. The number of aromatic carboxylic acids is 1. The fourth-order valence-electron chi connectivity index (χ4n) is 1.66. The summed E-state index contributed by atoms with van der Waals surface area (Å²) < 4.78 is 36.6. The van der Waals surface area contributed by atoms with Crippen LogP contribution in [0.4, 0.5) is 8.78 Å². The first-order chi connectivity index (χ1) is 10.1. The summed E-state index contributed by atoms with van der Waals surface area (Å²) in [4.78, 5) is 10.9. The van der Waals surface area contributed by atoms with Crippen molar-refractivity contribution in [1.29, 1.82) is 0 Å². The summed E-state index contributed by atoms with van der Waals surface area (Å²) in [5, 5.41) is 8.93. The first-order valence-corrected chi connectivity index (χ1v) is 6.11. The van der Waals surface area contributed by atoms with E-state index < -0.39 is 17.6 Å². The predicted octanol–water partition coefficient (Wildman–Crippen LogP) is 3.12. The number of hydrogen-bond acceptors (Lipinski definition) is 3. The number of rotatable bonds is 6. The monoisotopic (exact) mass is 294 g/mol. The number of carboxylic acids is 1. The van der Waals surface area contributed by atoms with E-state index in [-0.39, 0.29) is 30.3 Å². The third-order valence-corrected chi connectivity index (χ3v) is 2.61. The standard InChI is InChI=1S/C15H12F2O4/c16-10-5-6-13(11(9-10)15(18)19)20-7-8-21-14-4-2-1-3-12(14)17/h1-6,9H,7-8H2,(H,18,19). The van der Waals surface area contributed by atoms with Crippen molar-refractivity contribution in [3.63, 3.8) is 0 Å². The van der Waals surface area contributed by atoms with Gasteiger partial charge >= 0.3 is 5.97 Å². The zero-order chi connectivity index (χ0) is 15.2. The Bertz CT molecular complexity index is 643. The van der Waals surface area contributed by atoms with Gasteiger partial charge in [-0.15, -0.1) is 0 Å². The van der Waals surface area contributed by atoms with E-state index in [0.717, 1.165) is 12.1 Å². The maximum absolute atomic E-state index is 13.3. The second kappa shape index (κ2) is 6.69. The number of halogens is 2. The molecule has 0 heterocycles. The minimum absolute atomic E-state index is 0.000245. The SMILES string of the molecule is O=C(O)c1cc(F)ccc1OCCOc1ccccc1F. The van der Waals surface area contributed by atoms with E-state index in [2.05, 4.69) is 0 Å². The Hall–Kier alpha value is -2.63. The van der Waals surface area contributed by atoms with Crippen molar-refractivity contribution >= 4 is 5.97 Å². The van der Waals surface area contributed by atoms with Crippen LogP contribution in [0.25, 0.3) is 0 Å². The van der Waals surface area contributed by atoms with Crippen LogP contribution in [0.15, 0.2) is 42.5 Å². The first kappa shape index (κ1) is 14.8. The second-order valence-corrected chi connectivity index (χ2v) is 4.07. The summed E-state index contributed by atoms with van der Waals surface area (Å²) in [6.45, 7) is 0.0254. The Labute approximate surface area is 119 Å². The molecule has 0 atom stereocenters. The van der Waals surface area contributed by atoms with Gasteiger partial charge in [-0.3, -0.25) is 0 Å². The molecule has 0 fully saturated rings. The second-order valence-electron chi connectivity index (χ2n) is 4.07. The molecule has 0 unspecified atom stereocenters. The Balaban J connectivity index is 1.92. The normalized spacial score (nSPS) is 10.2. The van der Waals surface area contributed by atoms with Gasteiger partial charge in [0, 0.05) is 0 Å². The molecule has 4 nitrogen and oxygen atoms in total. The highest BCUT2D eigenvalue weighted by molar-refractivity contribution is 5.90. The van der Waals surface area contributed by atoms with Crippen molar-refractivity contribution in [3.05, 3.63) is 59.7 Å². The molecule has 6 heteroatoms. The van der Waals surface area contributed by atoms with E-state index in [1.807, 2.05) is 0 Å². The van der Waals surface area contributed by atoms with Gasteiger partial charge in [-0.1, -0.05) is 12.1 Å². The molecule has 0 aliphatic carbocycles. The van der Waals surface area contributed by atoms with Crippen molar-refractivity contribution in [2.24, 2.45) is 0 Å². The maximum atomic E-state index is 13.3. The maximum Gasteiger partial charge on any atom is 0.339 e. The van der Waals surface area contributed by atoms with Crippen molar-refractivity contribution in [1.82, 2.24) is 0 Å². The molecule has 0 amide bonds. The molecule has 1 N–H and O–H groups in total. The molecule has 2 rings (SSSR count). The van der Waals surface area contributed by atoms with Gasteiger partial charge in [0.15, 0.2) is 11.6 Å². The predicted molar refractivity (Wildman–Crippen MR) is 70.7 cm³/mol. The van der Waals surface area contributed by atoms with E-state index in [9.17, 15) is 13.6 Å². The third kappa shape index (κ3) is 3.92. The summed E-state index contributed by atoms with van der Waals surface area (Å²) in [6.07, 6.45) is 0. The number of hydrogen-bond donors (Lipinski definition) is 1. The molecular weight excluding hydrogens is 282 g/mol. The number of para-hydroxylation sites is 1. The number of benzene rings is 2. The van der Waals surface area contributed by atoms with Crippen LogP contribution < -0.4 is 9.47 Å². The quantitative estimate of drug-likeness (QED) is 0.832. The number of carbonyl (C=O) groups is 1. The van der Waals surface area contributed by atoms with E-state index in [4.69, 9.17) is 14.6 Å². The van der Waals surface area contributed by atoms with E-state index >= 15 is 0 Å². The van der Waals surface area contributed by atoms with Gasteiger partial charge in [0.05, 0.1) is 0 Å². The average Bonchev–Trinajstić information content (AvgIpc) is 2.46. The van der Waals surface area contributed by atoms with Crippen LogP contribution in [-0.2, 0) is 0 Å². The van der Waals surface area contributed by atoms with E-state index in [0.29, 0.717) is 0 Å². The topological polar surface area (TPSA) is 55.8 Å². The van der Waals surface area contributed by atoms with Crippen molar-refractivity contribution in [2.75, 3.05) is 13.2 Å². The van der Waals surface area contributed by atoms with E-state index in [1.165, 1.54) is 24.3 Å². The fraction of sp³-hybridized carbons (Fsp3) is 0.133. The number of ether oxygens (including phenoxy) is 2. The zero-order valence-corrected chi connectivity index (χ0v) is 10.9. The molecule has 0 aliphatic rings. The summed E-state index contributed by atoms with van der Waals surface area (Å²) in [7, 11) is 0. The van der Waals surface area contributed by atoms with Crippen LogP contribution in [0.5, 0.6) is 11.5 Å². The minimum Gasteiger partial charge on any atom is -0.489 e. The Morgan fingerprint density at radius 1 is 1.00 bits per heavy atom.